The van der Waals surface area contributed by atoms with Gasteiger partial charge in [-0.3, -0.25) is 9.69 Å². The van der Waals surface area contributed by atoms with Crippen LogP contribution in [0.1, 0.15) is 28.4 Å². The van der Waals surface area contributed by atoms with Crippen molar-refractivity contribution in [2.75, 3.05) is 4.90 Å². The van der Waals surface area contributed by atoms with Crippen molar-refractivity contribution in [3.05, 3.63) is 135 Å². The number of fused-ring (bicyclic) bond motifs is 1. The van der Waals surface area contributed by atoms with Crippen LogP contribution in [0.4, 0.5) is 5.69 Å². The second-order valence-corrected chi connectivity index (χ2v) is 10.1. The molecular formula is C30H23Cl2N5O. The normalized spacial score (nSPS) is 18.2. The highest BCUT2D eigenvalue weighted by atomic mass is 35.5. The van der Waals surface area contributed by atoms with E-state index in [1.54, 1.807) is 17.0 Å². The summed E-state index contributed by atoms with van der Waals surface area (Å²) >= 11 is 13.0. The molecule has 1 fully saturated rings. The molecule has 0 radical (unpaired) electrons. The molecule has 0 aromatic heterocycles. The predicted molar refractivity (Wildman–Crippen MR) is 152 cm³/mol. The second-order valence-electron chi connectivity index (χ2n) is 9.23. The van der Waals surface area contributed by atoms with Gasteiger partial charge in [-0.05, 0) is 42.3 Å². The van der Waals surface area contributed by atoms with Gasteiger partial charge in [-0.15, -0.1) is 0 Å². The Bertz CT molecular complexity index is 1550. The monoisotopic (exact) mass is 539 g/mol. The minimum atomic E-state index is -1.32. The van der Waals surface area contributed by atoms with E-state index in [4.69, 9.17) is 33.9 Å². The maximum Gasteiger partial charge on any atom is 0.269 e. The molecule has 6 nitrogen and oxygen atoms in total. The van der Waals surface area contributed by atoms with Crippen LogP contribution < -0.4 is 10.6 Å². The van der Waals surface area contributed by atoms with E-state index in [9.17, 15) is 4.79 Å². The number of nitrogens with two attached hydrogens (primary N) is 1. The van der Waals surface area contributed by atoms with Gasteiger partial charge >= 0.3 is 0 Å². The summed E-state index contributed by atoms with van der Waals surface area (Å²) in [7, 11) is 0. The Hall–Kier alpha value is -4.13. The van der Waals surface area contributed by atoms with Crippen LogP contribution in [0, 0.1) is 6.92 Å². The standard InChI is InChI=1S/C30H23Cl2N5O/c1-19-12-15-23(16-13-19)36-27(38)30(20-8-4-2-5-9-20,21-10-6-3-7-11-21)37-26(34-28(33)35-29(36)37)24-17-14-22(31)18-25(24)32/h2-18,26H,1H3,(H2,33,34). The van der Waals surface area contributed by atoms with Crippen LogP contribution in [0.15, 0.2) is 113 Å². The molecule has 4 aromatic rings. The Morgan fingerprint density at radius 1 is 0.842 bits per heavy atom. The van der Waals surface area contributed by atoms with Crippen molar-refractivity contribution in [2.45, 2.75) is 18.6 Å². The molecule has 0 saturated carbocycles. The van der Waals surface area contributed by atoms with Crippen molar-refractivity contribution >= 4 is 46.7 Å². The first kappa shape index (κ1) is 24.2. The fraction of sp³-hybridized carbons (Fsp3) is 0.100. The quantitative estimate of drug-likeness (QED) is 0.331. The molecule has 188 valence electrons. The molecule has 1 unspecified atom stereocenters. The number of guanidine groups is 2. The number of benzene rings is 4. The van der Waals surface area contributed by atoms with E-state index in [0.29, 0.717) is 27.3 Å². The summed E-state index contributed by atoms with van der Waals surface area (Å²) in [5.41, 5.74) is 8.93. The van der Waals surface area contributed by atoms with E-state index in [-0.39, 0.29) is 11.9 Å². The van der Waals surface area contributed by atoms with Gasteiger partial charge in [-0.2, -0.15) is 4.99 Å². The largest absolute Gasteiger partial charge is 0.368 e. The molecule has 2 heterocycles. The van der Waals surface area contributed by atoms with Crippen molar-refractivity contribution < 1.29 is 4.79 Å². The third kappa shape index (κ3) is 3.68. The lowest BCUT2D eigenvalue weighted by Gasteiger charge is -2.42. The van der Waals surface area contributed by atoms with Crippen LogP contribution in [0.2, 0.25) is 10.0 Å². The Balaban J connectivity index is 1.70. The number of aryl methyl sites for hydroxylation is 1. The molecule has 2 N–H and O–H groups in total. The van der Waals surface area contributed by atoms with Gasteiger partial charge < -0.3 is 5.73 Å². The van der Waals surface area contributed by atoms with Gasteiger partial charge in [-0.1, -0.05) is 108 Å². The first-order chi connectivity index (χ1) is 18.4. The lowest BCUT2D eigenvalue weighted by Crippen LogP contribution is -2.51. The van der Waals surface area contributed by atoms with Gasteiger partial charge in [-0.25, -0.2) is 9.89 Å². The van der Waals surface area contributed by atoms with E-state index in [2.05, 4.69) is 4.99 Å². The molecule has 1 atom stereocenters. The second kappa shape index (κ2) is 9.31. The third-order valence-electron chi connectivity index (χ3n) is 6.92. The summed E-state index contributed by atoms with van der Waals surface area (Å²) < 4.78 is 0. The van der Waals surface area contributed by atoms with Crippen LogP contribution in [0.3, 0.4) is 0 Å². The van der Waals surface area contributed by atoms with Gasteiger partial charge in [0.1, 0.15) is 0 Å². The maximum atomic E-state index is 15.0. The molecule has 6 rings (SSSR count). The van der Waals surface area contributed by atoms with Gasteiger partial charge in [0.25, 0.3) is 5.91 Å². The number of carbonyl (C=O) groups excluding carboxylic acids is 1. The fourth-order valence-electron chi connectivity index (χ4n) is 5.22. The lowest BCUT2D eigenvalue weighted by molar-refractivity contribution is -0.124. The highest BCUT2D eigenvalue weighted by Gasteiger charge is 2.62. The summed E-state index contributed by atoms with van der Waals surface area (Å²) in [5.74, 6) is 0.224. The van der Waals surface area contributed by atoms with Crippen molar-refractivity contribution in [1.29, 1.82) is 0 Å². The number of hydrogen-bond donors (Lipinski definition) is 1. The molecule has 0 bridgehead atoms. The van der Waals surface area contributed by atoms with Gasteiger partial charge in [0.2, 0.25) is 11.9 Å². The highest BCUT2D eigenvalue weighted by Crippen LogP contribution is 2.51. The van der Waals surface area contributed by atoms with Crippen molar-refractivity contribution in [1.82, 2.24) is 4.90 Å². The van der Waals surface area contributed by atoms with Crippen LogP contribution in [0.25, 0.3) is 0 Å². The summed E-state index contributed by atoms with van der Waals surface area (Å²) in [6.45, 7) is 2.00. The number of carbonyl (C=O) groups is 1. The smallest absolute Gasteiger partial charge is 0.269 e. The average Bonchev–Trinajstić information content (AvgIpc) is 3.18. The maximum absolute atomic E-state index is 15.0. The molecule has 1 amide bonds. The number of hydrogen-bond acceptors (Lipinski definition) is 5. The number of nitrogens with zero attached hydrogens (tertiary/aromatic N) is 4. The summed E-state index contributed by atoms with van der Waals surface area (Å²) in [6, 6.07) is 32.3. The minimum Gasteiger partial charge on any atom is -0.368 e. The van der Waals surface area contributed by atoms with Gasteiger partial charge in [0.15, 0.2) is 11.7 Å². The van der Waals surface area contributed by atoms with Crippen LogP contribution in [-0.2, 0) is 10.3 Å². The zero-order valence-electron chi connectivity index (χ0n) is 20.4. The van der Waals surface area contributed by atoms with Crippen LogP contribution >= 0.6 is 23.2 Å². The van der Waals surface area contributed by atoms with Crippen LogP contribution in [0.5, 0.6) is 0 Å². The number of amides is 1. The molecule has 2 aliphatic rings. The number of aliphatic imine (C=N–C) groups is 2. The van der Waals surface area contributed by atoms with Crippen LogP contribution in [-0.4, -0.2) is 22.7 Å². The highest BCUT2D eigenvalue weighted by molar-refractivity contribution is 6.35. The fourth-order valence-corrected chi connectivity index (χ4v) is 5.73. The number of anilines is 1. The van der Waals surface area contributed by atoms with Crippen molar-refractivity contribution in [3.8, 4) is 0 Å². The lowest BCUT2D eigenvalue weighted by atomic mass is 9.80. The average molecular weight is 540 g/mol. The van der Waals surface area contributed by atoms with E-state index in [0.717, 1.165) is 16.7 Å². The molecule has 0 aliphatic carbocycles. The van der Waals surface area contributed by atoms with E-state index in [1.807, 2.05) is 103 Å². The number of rotatable bonds is 4. The molecule has 38 heavy (non-hydrogen) atoms. The zero-order chi connectivity index (χ0) is 26.4. The molecule has 2 aliphatic heterocycles. The number of halogens is 2. The topological polar surface area (TPSA) is 74.3 Å². The first-order valence-electron chi connectivity index (χ1n) is 12.1. The third-order valence-corrected chi connectivity index (χ3v) is 7.48. The van der Waals surface area contributed by atoms with Gasteiger partial charge in [0.05, 0.1) is 5.69 Å². The zero-order valence-corrected chi connectivity index (χ0v) is 21.9. The van der Waals surface area contributed by atoms with Crippen molar-refractivity contribution in [2.24, 2.45) is 15.7 Å². The van der Waals surface area contributed by atoms with E-state index in [1.165, 1.54) is 0 Å². The first-order valence-corrected chi connectivity index (χ1v) is 12.9. The van der Waals surface area contributed by atoms with Gasteiger partial charge in [0, 0.05) is 15.6 Å². The molecule has 1 saturated heterocycles. The molecule has 4 aromatic carbocycles. The molecule has 8 heteroatoms. The van der Waals surface area contributed by atoms with E-state index < -0.39 is 11.7 Å². The summed E-state index contributed by atoms with van der Waals surface area (Å²) in [5, 5.41) is 0.910. The molecular weight excluding hydrogens is 517 g/mol. The summed E-state index contributed by atoms with van der Waals surface area (Å²) in [4.78, 5) is 27.9. The predicted octanol–water partition coefficient (Wildman–Crippen LogP) is 6.28. The van der Waals surface area contributed by atoms with E-state index >= 15 is 0 Å². The molecule has 0 spiro atoms. The Morgan fingerprint density at radius 3 is 2.03 bits per heavy atom. The minimum absolute atomic E-state index is 0.0501. The Labute approximate surface area is 230 Å². The Kier molecular flexibility index (Phi) is 5.94. The SMILES string of the molecule is Cc1ccc(N2C(=O)C(c3ccccc3)(c3ccccc3)N3C2=NC(N)=NC3c2ccc(Cl)cc2Cl)cc1. The van der Waals surface area contributed by atoms with Crippen molar-refractivity contribution in [3.63, 3.8) is 0 Å². The summed E-state index contributed by atoms with van der Waals surface area (Å²) in [6.07, 6.45) is -0.757. The Morgan fingerprint density at radius 2 is 1.45 bits per heavy atom.